The maximum Gasteiger partial charge on any atom is 0.264 e. The normalized spacial score (nSPS) is 16.8. The quantitative estimate of drug-likeness (QED) is 0.0112. The number of unbranched alkanes of at least 4 members (excludes halogenated alkanes) is 2. The minimum atomic E-state index is -4.22. The first-order valence-corrected chi connectivity index (χ1v) is 33.0. The zero-order valence-electron chi connectivity index (χ0n) is 50.0. The summed E-state index contributed by atoms with van der Waals surface area (Å²) in [4.78, 5) is 19.9. The van der Waals surface area contributed by atoms with E-state index >= 15 is 4.39 Å². The number of fused-ring (bicyclic) bond motifs is 4. The van der Waals surface area contributed by atoms with E-state index < -0.39 is 37.2 Å². The molecule has 2 N–H and O–H groups in total. The average molecular weight is 1190 g/mol. The highest BCUT2D eigenvalue weighted by Gasteiger charge is 2.46. The molecule has 0 amide bonds. The van der Waals surface area contributed by atoms with Crippen LogP contribution in [0.4, 0.5) is 21.5 Å². The maximum absolute atomic E-state index is 16.4. The second kappa shape index (κ2) is 30.4. The first kappa shape index (κ1) is 65.5. The van der Waals surface area contributed by atoms with Gasteiger partial charge in [0, 0.05) is 103 Å². The summed E-state index contributed by atoms with van der Waals surface area (Å²) in [6.07, 6.45) is 16.6. The Morgan fingerprint density at radius 2 is 1.49 bits per heavy atom. The molecule has 84 heavy (non-hydrogen) atoms. The van der Waals surface area contributed by atoms with E-state index in [4.69, 9.17) is 19.7 Å². The highest BCUT2D eigenvalue weighted by Crippen LogP contribution is 2.50. The Morgan fingerprint density at radius 1 is 0.798 bits per heavy atom. The van der Waals surface area contributed by atoms with Crippen LogP contribution in [-0.4, -0.2) is 126 Å². The molecule has 7 rings (SSSR count). The predicted molar refractivity (Wildman–Crippen MR) is 335 cm³/mol. The first-order chi connectivity index (χ1) is 40.1. The van der Waals surface area contributed by atoms with E-state index in [0.717, 1.165) is 103 Å². The van der Waals surface area contributed by atoms with Gasteiger partial charge in [-0.2, -0.15) is 21.4 Å². The zero-order valence-corrected chi connectivity index (χ0v) is 51.6. The fourth-order valence-electron chi connectivity index (χ4n) is 12.1. The van der Waals surface area contributed by atoms with Gasteiger partial charge in [0.1, 0.15) is 18.1 Å². The number of carbonyl (C=O) groups is 1. The summed E-state index contributed by atoms with van der Waals surface area (Å²) < 4.78 is 101. The molecule has 454 valence electrons. The number of benzene rings is 4. The van der Waals surface area contributed by atoms with Gasteiger partial charge in [0.15, 0.2) is 5.71 Å². The zero-order chi connectivity index (χ0) is 60.5. The van der Waals surface area contributed by atoms with Crippen molar-refractivity contribution in [3.8, 4) is 0 Å². The Balaban J connectivity index is 1.13. The lowest BCUT2D eigenvalue weighted by Gasteiger charge is -2.28. The van der Waals surface area contributed by atoms with Crippen molar-refractivity contribution >= 4 is 65.1 Å². The number of nitrogens with zero attached hydrogens (tertiary/aromatic N) is 6. The second-order valence-electron chi connectivity index (χ2n) is 23.1. The van der Waals surface area contributed by atoms with Crippen molar-refractivity contribution in [2.75, 3.05) is 93.7 Å². The average Bonchev–Trinajstić information content (AvgIpc) is 1.72. The number of hydrogen-bond donors (Lipinski definition) is 2. The van der Waals surface area contributed by atoms with Gasteiger partial charge in [-0.3, -0.25) is 13.9 Å². The Hall–Kier alpha value is -6.02. The van der Waals surface area contributed by atoms with Crippen LogP contribution in [0.1, 0.15) is 134 Å². The van der Waals surface area contributed by atoms with Crippen molar-refractivity contribution in [3.05, 3.63) is 152 Å². The molecule has 4 aromatic rings. The minimum absolute atomic E-state index is 0.118. The number of ketones is 1. The van der Waals surface area contributed by atoms with E-state index in [0.29, 0.717) is 71.0 Å². The molecule has 2 aliphatic heterocycles. The standard InChI is InChI=1S/C65H85FN6O10S2/c1-7-34-71-58-30-27-52(70(35-15-44-83(74,75)76)36-16-45-84(77,78)79)47-56(58)64(3,4)60(71)31-25-49-17-13-18-50(62(49)55-21-10-11-22-57(55)66)26-32-61-65(5,6)63-54-28-23-48(2)46-51(54)24-29-59(63)72(61)37-12-8-9-19-53(73)20-14-38-80-40-42-82-43-41-81-39-33-68-69-67/h10-11,21-32,46-47H,7-9,12-20,33-45H2,1-6H3,(H-,74,75,76,77,78,79)/p+1. The van der Waals surface area contributed by atoms with E-state index in [1.165, 1.54) is 33.7 Å². The van der Waals surface area contributed by atoms with Crippen molar-refractivity contribution in [3.63, 3.8) is 0 Å². The summed E-state index contributed by atoms with van der Waals surface area (Å²) in [5.41, 5.74) is 19.7. The van der Waals surface area contributed by atoms with Crippen molar-refractivity contribution in [2.24, 2.45) is 5.11 Å². The number of carbonyl (C=O) groups excluding carboxylic acids is 1. The topological polar surface area (TPSA) is 212 Å². The van der Waals surface area contributed by atoms with Crippen molar-refractivity contribution in [1.29, 1.82) is 0 Å². The molecular formula is C65H86FN6O10S2+. The molecule has 0 saturated heterocycles. The van der Waals surface area contributed by atoms with Gasteiger partial charge >= 0.3 is 0 Å². The number of anilines is 2. The number of Topliss-reactive ketones (excluding diaryl/α,β-unsaturated/α-hetero) is 1. The van der Waals surface area contributed by atoms with Gasteiger partial charge in [0.05, 0.1) is 50.0 Å². The molecule has 2 heterocycles. The number of azide groups is 1. The summed E-state index contributed by atoms with van der Waals surface area (Å²) in [6, 6.07) is 24.3. The summed E-state index contributed by atoms with van der Waals surface area (Å²) in [7, 11) is -8.43. The van der Waals surface area contributed by atoms with Gasteiger partial charge < -0.3 is 24.0 Å². The van der Waals surface area contributed by atoms with Gasteiger partial charge in [-0.25, -0.2) is 4.39 Å². The molecule has 0 spiro atoms. The third-order valence-corrected chi connectivity index (χ3v) is 17.7. The summed E-state index contributed by atoms with van der Waals surface area (Å²) in [5, 5.41) is 5.84. The van der Waals surface area contributed by atoms with Crippen molar-refractivity contribution in [2.45, 2.75) is 129 Å². The molecule has 4 aromatic carbocycles. The van der Waals surface area contributed by atoms with Gasteiger partial charge in [-0.1, -0.05) is 80.0 Å². The van der Waals surface area contributed by atoms with E-state index in [1.807, 2.05) is 23.1 Å². The Morgan fingerprint density at radius 3 is 2.18 bits per heavy atom. The largest absolute Gasteiger partial charge is 0.379 e. The van der Waals surface area contributed by atoms with Crippen LogP contribution in [-0.2, 0) is 50.1 Å². The van der Waals surface area contributed by atoms with Crippen molar-refractivity contribution in [1.82, 2.24) is 0 Å². The minimum Gasteiger partial charge on any atom is -0.379 e. The van der Waals surface area contributed by atoms with Crippen LogP contribution < -0.4 is 9.80 Å². The third-order valence-electron chi connectivity index (χ3n) is 16.1. The van der Waals surface area contributed by atoms with Crippen LogP contribution in [0.25, 0.3) is 26.8 Å². The summed E-state index contributed by atoms with van der Waals surface area (Å²) in [6.45, 7) is 18.1. The lowest BCUT2D eigenvalue weighted by atomic mass is 9.78. The second-order valence-corrected chi connectivity index (χ2v) is 26.3. The highest BCUT2D eigenvalue weighted by molar-refractivity contribution is 7.86. The molecule has 0 bridgehead atoms. The van der Waals surface area contributed by atoms with Crippen LogP contribution in [0.3, 0.4) is 0 Å². The first-order valence-electron chi connectivity index (χ1n) is 29.7. The van der Waals surface area contributed by atoms with Crippen LogP contribution in [0, 0.1) is 12.7 Å². The molecule has 1 aliphatic carbocycles. The van der Waals surface area contributed by atoms with E-state index in [1.54, 1.807) is 6.07 Å². The van der Waals surface area contributed by atoms with E-state index in [9.17, 15) is 30.7 Å². The summed E-state index contributed by atoms with van der Waals surface area (Å²) in [5.74, 6) is -0.938. The lowest BCUT2D eigenvalue weighted by Crippen LogP contribution is -2.29. The van der Waals surface area contributed by atoms with Crippen LogP contribution in [0.2, 0.25) is 0 Å². The van der Waals surface area contributed by atoms with Gasteiger partial charge in [0.25, 0.3) is 20.2 Å². The van der Waals surface area contributed by atoms with Crippen LogP contribution in [0.15, 0.2) is 119 Å². The molecule has 0 fully saturated rings. The molecule has 19 heteroatoms. The number of halogens is 1. The SMILES string of the molecule is CCCN1/C(=C/C=C2\CCCC(/C=C/C3=[N+](CCCCCC(=O)CCCOCCOCCOCCN=[N+]=[N-])c4ccc5cc(C)ccc5c4C3(C)C)=C2c2ccccc2F)C(C)(C)c2cc(N(CCCS(=O)(=O)O)CCCS(=O)(=O)O)ccc21. The fourth-order valence-corrected chi connectivity index (χ4v) is 13.1. The van der Waals surface area contributed by atoms with Gasteiger partial charge in [0.2, 0.25) is 5.69 Å². The maximum atomic E-state index is 16.4. The monoisotopic (exact) mass is 1190 g/mol. The highest BCUT2D eigenvalue weighted by atomic mass is 32.2. The van der Waals surface area contributed by atoms with Gasteiger partial charge in [-0.05, 0) is 154 Å². The fraction of sp³-hybridized carbons (Fsp3) is 0.508. The molecular weight excluding hydrogens is 1110 g/mol. The molecule has 0 atom stereocenters. The molecule has 16 nitrogen and oxygen atoms in total. The number of hydrogen-bond acceptors (Lipinski definition) is 11. The molecule has 3 aliphatic rings. The van der Waals surface area contributed by atoms with Crippen LogP contribution >= 0.6 is 0 Å². The van der Waals surface area contributed by atoms with Crippen LogP contribution in [0.5, 0.6) is 0 Å². The molecule has 0 radical (unpaired) electrons. The number of aryl methyl sites for hydroxylation is 1. The Labute approximate surface area is 497 Å². The van der Waals surface area contributed by atoms with E-state index in [2.05, 4.69) is 128 Å². The predicted octanol–water partition coefficient (Wildman–Crippen LogP) is 13.5. The molecule has 0 unspecified atom stereocenters. The van der Waals surface area contributed by atoms with Crippen molar-refractivity contribution < 1.29 is 53.9 Å². The summed E-state index contributed by atoms with van der Waals surface area (Å²) >= 11 is 0. The molecule has 0 saturated carbocycles. The third kappa shape index (κ3) is 17.6. The number of allylic oxidation sites excluding steroid dienone is 8. The lowest BCUT2D eigenvalue weighted by molar-refractivity contribution is -0.438. The number of rotatable bonds is 34. The van der Waals surface area contributed by atoms with E-state index in [-0.39, 0.29) is 42.9 Å². The Kier molecular flexibility index (Phi) is 23.7. The smallest absolute Gasteiger partial charge is 0.264 e. The number of ether oxygens (including phenoxy) is 3. The van der Waals surface area contributed by atoms with Gasteiger partial charge in [-0.15, -0.1) is 0 Å². The molecule has 0 aromatic heterocycles. The Bertz CT molecular complexity index is 3380.